The molecule has 1 aromatic carbocycles. The Bertz CT molecular complexity index is 1470. The van der Waals surface area contributed by atoms with Crippen LogP contribution in [0.15, 0.2) is 53.9 Å². The molecule has 1 fully saturated rings. The first-order chi connectivity index (χ1) is 17.7. The first kappa shape index (κ1) is 24.9. The smallest absolute Gasteiger partial charge is 0.280 e. The van der Waals surface area contributed by atoms with Crippen LogP contribution in [0.1, 0.15) is 37.0 Å². The molecular weight excluding hydrogens is 470 g/mol. The molecule has 0 atom stereocenters. The minimum absolute atomic E-state index is 0.269. The first-order valence-corrected chi connectivity index (χ1v) is 12.6. The first-order valence-electron chi connectivity index (χ1n) is 12.6. The summed E-state index contributed by atoms with van der Waals surface area (Å²) in [6.07, 6.45) is 7.27. The lowest BCUT2D eigenvalue weighted by Crippen LogP contribution is -2.32. The van der Waals surface area contributed by atoms with Crippen molar-refractivity contribution in [1.29, 1.82) is 0 Å². The number of hydrogen-bond donors (Lipinski definition) is 3. The van der Waals surface area contributed by atoms with Crippen LogP contribution >= 0.6 is 0 Å². The standard InChI is InChI=1S/C27H33N7O3/c1-27(2,36)17-34-24-5-4-21(29-14-18-7-10-37-11-8-18)13-23(24)31-26(34)32-25(35)19-6-9-28-22(12-19)20-15-30-33(3)16-20/h4-6,9,12-13,15-16,18,29,36H,7-8,10-11,14,17H2,1-3H3,(H,31,32,35). The molecule has 4 heterocycles. The molecular formula is C27H33N7O3. The fourth-order valence-corrected chi connectivity index (χ4v) is 4.57. The third kappa shape index (κ3) is 5.98. The van der Waals surface area contributed by atoms with Gasteiger partial charge in [0, 0.05) is 56.0 Å². The maximum absolute atomic E-state index is 13.2. The number of nitrogens with zero attached hydrogens (tertiary/aromatic N) is 5. The summed E-state index contributed by atoms with van der Waals surface area (Å²) in [4.78, 5) is 25.3. The molecule has 5 rings (SSSR count). The van der Waals surface area contributed by atoms with Crippen LogP contribution in [-0.4, -0.2) is 60.7 Å². The van der Waals surface area contributed by atoms with Crippen LogP contribution in [0.5, 0.6) is 0 Å². The fraction of sp³-hybridized carbons (Fsp3) is 0.407. The van der Waals surface area contributed by atoms with E-state index in [1.54, 1.807) is 43.1 Å². The van der Waals surface area contributed by atoms with Crippen LogP contribution in [0.3, 0.4) is 0 Å². The average molecular weight is 504 g/mol. The number of aromatic nitrogens is 5. The number of carbonyl (C=O) groups excluding carboxylic acids is 1. The molecule has 1 amide bonds. The highest BCUT2D eigenvalue weighted by Gasteiger charge is 2.19. The number of anilines is 1. The molecule has 37 heavy (non-hydrogen) atoms. The Hall–Kier alpha value is -3.76. The van der Waals surface area contributed by atoms with Crippen molar-refractivity contribution in [3.63, 3.8) is 0 Å². The molecule has 0 saturated carbocycles. The maximum Gasteiger partial charge on any atom is 0.280 e. The minimum atomic E-state index is -1.00. The second-order valence-electron chi connectivity index (χ2n) is 10.3. The largest absolute Gasteiger partial charge is 0.389 e. The quantitative estimate of drug-likeness (QED) is 0.356. The van der Waals surface area contributed by atoms with Gasteiger partial charge in [0.05, 0.1) is 35.1 Å². The number of fused-ring (bicyclic) bond motifs is 1. The number of imidazole rings is 1. The molecule has 0 aliphatic carbocycles. The molecule has 10 nitrogen and oxygen atoms in total. The Labute approximate surface area is 215 Å². The van der Waals surface area contributed by atoms with Gasteiger partial charge in [0.1, 0.15) is 0 Å². The normalized spacial score (nSPS) is 15.4. The van der Waals surface area contributed by atoms with E-state index in [2.05, 4.69) is 25.4 Å². The minimum Gasteiger partial charge on any atom is -0.389 e. The Morgan fingerprint density at radius 2 is 2.08 bits per heavy atom. The summed E-state index contributed by atoms with van der Waals surface area (Å²) in [6, 6.07) is 9.38. The number of rotatable bonds is 7. The molecule has 1 saturated heterocycles. The second-order valence-corrected chi connectivity index (χ2v) is 10.3. The zero-order valence-corrected chi connectivity index (χ0v) is 21.4. The predicted molar refractivity (Wildman–Crippen MR) is 141 cm³/mol. The number of aromatic amines is 1. The third-order valence-electron chi connectivity index (χ3n) is 6.49. The van der Waals surface area contributed by atoms with Gasteiger partial charge in [0.15, 0.2) is 0 Å². The Kier molecular flexibility index (Phi) is 6.94. The summed E-state index contributed by atoms with van der Waals surface area (Å²) in [6.45, 7) is 6.26. The van der Waals surface area contributed by atoms with Gasteiger partial charge in [-0.2, -0.15) is 10.1 Å². The van der Waals surface area contributed by atoms with Crippen LogP contribution < -0.4 is 10.9 Å². The number of aliphatic hydroxyl groups is 1. The molecule has 10 heteroatoms. The van der Waals surface area contributed by atoms with Crippen LogP contribution in [0.25, 0.3) is 22.3 Å². The lowest BCUT2D eigenvalue weighted by Gasteiger charge is -2.22. The number of H-pyrrole nitrogens is 1. The summed E-state index contributed by atoms with van der Waals surface area (Å²) in [7, 11) is 1.83. The van der Waals surface area contributed by atoms with Crippen molar-refractivity contribution in [2.45, 2.75) is 38.8 Å². The molecule has 194 valence electrons. The second kappa shape index (κ2) is 10.3. The zero-order chi connectivity index (χ0) is 26.0. The zero-order valence-electron chi connectivity index (χ0n) is 21.4. The predicted octanol–water partition coefficient (Wildman–Crippen LogP) is 3.12. The van der Waals surface area contributed by atoms with E-state index >= 15 is 0 Å². The van der Waals surface area contributed by atoms with Crippen molar-refractivity contribution < 1.29 is 14.6 Å². The van der Waals surface area contributed by atoms with E-state index in [1.165, 1.54) is 0 Å². The number of ether oxygens (including phenoxy) is 1. The van der Waals surface area contributed by atoms with Crippen LogP contribution in [0.2, 0.25) is 0 Å². The SMILES string of the molecule is Cn1cc(-c2cc(C(=O)/N=c3\[nH]c4cc(NCC5CCOCC5)ccc4n3CC(C)(C)O)ccn2)cn1. The van der Waals surface area contributed by atoms with Gasteiger partial charge in [-0.25, -0.2) is 0 Å². The van der Waals surface area contributed by atoms with Gasteiger partial charge < -0.3 is 24.7 Å². The highest BCUT2D eigenvalue weighted by Crippen LogP contribution is 2.21. The monoisotopic (exact) mass is 503 g/mol. The van der Waals surface area contributed by atoms with Crippen LogP contribution in [-0.2, 0) is 18.3 Å². The number of aryl methyl sites for hydroxylation is 1. The van der Waals surface area contributed by atoms with Crippen molar-refractivity contribution in [3.8, 4) is 11.3 Å². The van der Waals surface area contributed by atoms with Gasteiger partial charge in [-0.15, -0.1) is 0 Å². The van der Waals surface area contributed by atoms with Gasteiger partial charge in [-0.1, -0.05) is 0 Å². The Morgan fingerprint density at radius 1 is 1.27 bits per heavy atom. The van der Waals surface area contributed by atoms with E-state index in [4.69, 9.17) is 4.74 Å². The van der Waals surface area contributed by atoms with Gasteiger partial charge in [-0.05, 0) is 62.9 Å². The van der Waals surface area contributed by atoms with Crippen molar-refractivity contribution in [3.05, 3.63) is 60.1 Å². The lowest BCUT2D eigenvalue weighted by molar-refractivity contribution is 0.0612. The van der Waals surface area contributed by atoms with Gasteiger partial charge in [0.25, 0.3) is 5.91 Å². The summed E-state index contributed by atoms with van der Waals surface area (Å²) in [5.41, 5.74) is 3.94. The summed E-state index contributed by atoms with van der Waals surface area (Å²) in [5.74, 6) is 0.190. The molecule has 3 N–H and O–H groups in total. The summed E-state index contributed by atoms with van der Waals surface area (Å²) < 4.78 is 8.99. The van der Waals surface area contributed by atoms with E-state index in [0.29, 0.717) is 22.8 Å². The van der Waals surface area contributed by atoms with Crippen LogP contribution in [0, 0.1) is 5.92 Å². The number of benzene rings is 1. The topological polar surface area (TPSA) is 122 Å². The lowest BCUT2D eigenvalue weighted by atomic mass is 10.0. The highest BCUT2D eigenvalue weighted by atomic mass is 16.5. The number of nitrogens with one attached hydrogen (secondary N) is 2. The summed E-state index contributed by atoms with van der Waals surface area (Å²) in [5, 5.41) is 18.3. The molecule has 0 bridgehead atoms. The number of pyridine rings is 1. The fourth-order valence-electron chi connectivity index (χ4n) is 4.57. The molecule has 4 aromatic rings. The Morgan fingerprint density at radius 3 is 2.81 bits per heavy atom. The van der Waals surface area contributed by atoms with E-state index in [-0.39, 0.29) is 6.54 Å². The number of carbonyl (C=O) groups is 1. The van der Waals surface area contributed by atoms with Gasteiger partial charge >= 0.3 is 0 Å². The van der Waals surface area contributed by atoms with Crippen molar-refractivity contribution in [1.82, 2.24) is 24.3 Å². The number of amides is 1. The van der Waals surface area contributed by atoms with Gasteiger partial charge in [-0.3, -0.25) is 14.5 Å². The van der Waals surface area contributed by atoms with Crippen molar-refractivity contribution in [2.75, 3.05) is 25.1 Å². The maximum atomic E-state index is 13.2. The van der Waals surface area contributed by atoms with E-state index < -0.39 is 11.5 Å². The van der Waals surface area contributed by atoms with E-state index in [1.807, 2.05) is 36.0 Å². The van der Waals surface area contributed by atoms with E-state index in [9.17, 15) is 9.90 Å². The average Bonchev–Trinajstić information content (AvgIpc) is 3.45. The molecule has 0 spiro atoms. The third-order valence-corrected chi connectivity index (χ3v) is 6.49. The molecule has 1 aliphatic rings. The molecule has 0 unspecified atom stereocenters. The Balaban J connectivity index is 1.46. The van der Waals surface area contributed by atoms with Crippen molar-refractivity contribution >= 4 is 22.6 Å². The van der Waals surface area contributed by atoms with Gasteiger partial charge in [0.2, 0.25) is 5.62 Å². The van der Waals surface area contributed by atoms with Crippen LogP contribution in [0.4, 0.5) is 5.69 Å². The highest BCUT2D eigenvalue weighted by molar-refractivity contribution is 5.95. The number of hydrogen-bond acceptors (Lipinski definition) is 6. The molecule has 3 aromatic heterocycles. The molecule has 1 aliphatic heterocycles. The summed E-state index contributed by atoms with van der Waals surface area (Å²) >= 11 is 0. The molecule has 0 radical (unpaired) electrons. The van der Waals surface area contributed by atoms with E-state index in [0.717, 1.165) is 54.9 Å². The van der Waals surface area contributed by atoms with Crippen molar-refractivity contribution in [2.24, 2.45) is 18.0 Å².